The minimum atomic E-state index is -0.177. The Hall–Kier alpha value is -0.560. The van der Waals surface area contributed by atoms with Crippen molar-refractivity contribution in [2.75, 3.05) is 0 Å². The summed E-state index contributed by atoms with van der Waals surface area (Å²) in [5.41, 5.74) is 0. The molecule has 0 amide bonds. The predicted molar refractivity (Wildman–Crippen MR) is 83.8 cm³/mol. The SMILES string of the molecule is CC(O)[C@H](C)CC1C=CC=CC1.CCC.CCC. The molecule has 108 valence electrons. The zero-order valence-corrected chi connectivity index (χ0v) is 13.3. The predicted octanol–water partition coefficient (Wildman–Crippen LogP) is 5.36. The third-order valence-corrected chi connectivity index (χ3v) is 2.57. The Morgan fingerprint density at radius 1 is 1.06 bits per heavy atom. The highest BCUT2D eigenvalue weighted by molar-refractivity contribution is 5.10. The highest BCUT2D eigenvalue weighted by atomic mass is 16.3. The molecule has 0 saturated carbocycles. The van der Waals surface area contributed by atoms with E-state index in [1.54, 1.807) is 0 Å². The van der Waals surface area contributed by atoms with Gasteiger partial charge in [0.2, 0.25) is 0 Å². The van der Waals surface area contributed by atoms with Crippen LogP contribution in [0, 0.1) is 11.8 Å². The summed E-state index contributed by atoms with van der Waals surface area (Å²) in [6.45, 7) is 12.5. The highest BCUT2D eigenvalue weighted by Crippen LogP contribution is 2.22. The van der Waals surface area contributed by atoms with E-state index in [4.69, 9.17) is 0 Å². The number of aliphatic hydroxyl groups excluding tert-OH is 1. The summed E-state index contributed by atoms with van der Waals surface area (Å²) in [6, 6.07) is 0. The molecule has 1 aliphatic rings. The van der Waals surface area contributed by atoms with Crippen LogP contribution < -0.4 is 0 Å². The summed E-state index contributed by atoms with van der Waals surface area (Å²) in [5.74, 6) is 1.05. The van der Waals surface area contributed by atoms with Crippen molar-refractivity contribution < 1.29 is 5.11 Å². The Morgan fingerprint density at radius 2 is 1.56 bits per heavy atom. The molecule has 0 aromatic rings. The van der Waals surface area contributed by atoms with Crippen LogP contribution in [0.25, 0.3) is 0 Å². The molecule has 18 heavy (non-hydrogen) atoms. The molecule has 0 fully saturated rings. The fourth-order valence-electron chi connectivity index (χ4n) is 1.48. The number of aliphatic hydroxyl groups is 1. The van der Waals surface area contributed by atoms with Gasteiger partial charge in [0.15, 0.2) is 0 Å². The molecule has 1 N–H and O–H groups in total. The summed E-state index contributed by atoms with van der Waals surface area (Å²) in [6.07, 6.45) is 13.2. The summed E-state index contributed by atoms with van der Waals surface area (Å²) in [5, 5.41) is 9.31. The quantitative estimate of drug-likeness (QED) is 0.719. The van der Waals surface area contributed by atoms with Gasteiger partial charge >= 0.3 is 0 Å². The van der Waals surface area contributed by atoms with Crippen LogP contribution in [0.3, 0.4) is 0 Å². The van der Waals surface area contributed by atoms with E-state index in [0.29, 0.717) is 11.8 Å². The zero-order valence-electron chi connectivity index (χ0n) is 13.3. The van der Waals surface area contributed by atoms with Crippen molar-refractivity contribution >= 4 is 0 Å². The lowest BCUT2D eigenvalue weighted by Gasteiger charge is -2.20. The van der Waals surface area contributed by atoms with Crippen LogP contribution in [-0.2, 0) is 0 Å². The Morgan fingerprint density at radius 3 is 1.89 bits per heavy atom. The van der Waals surface area contributed by atoms with E-state index in [-0.39, 0.29) is 6.10 Å². The van der Waals surface area contributed by atoms with Crippen LogP contribution in [0.4, 0.5) is 0 Å². The van der Waals surface area contributed by atoms with Crippen molar-refractivity contribution in [3.8, 4) is 0 Å². The van der Waals surface area contributed by atoms with Gasteiger partial charge in [0.05, 0.1) is 6.10 Å². The number of rotatable bonds is 3. The Balaban J connectivity index is 0. The summed E-state index contributed by atoms with van der Waals surface area (Å²) in [7, 11) is 0. The molecule has 2 unspecified atom stereocenters. The molecule has 0 radical (unpaired) electrons. The lowest BCUT2D eigenvalue weighted by atomic mass is 9.88. The molecule has 0 aromatic carbocycles. The van der Waals surface area contributed by atoms with Gasteiger partial charge in [-0.25, -0.2) is 0 Å². The normalized spacial score (nSPS) is 20.1. The van der Waals surface area contributed by atoms with E-state index in [0.717, 1.165) is 12.8 Å². The summed E-state index contributed by atoms with van der Waals surface area (Å²) < 4.78 is 0. The van der Waals surface area contributed by atoms with E-state index in [9.17, 15) is 5.11 Å². The maximum atomic E-state index is 9.31. The van der Waals surface area contributed by atoms with E-state index in [1.165, 1.54) is 12.8 Å². The first-order valence-electron chi connectivity index (χ1n) is 7.54. The van der Waals surface area contributed by atoms with Crippen molar-refractivity contribution in [2.45, 2.75) is 73.3 Å². The maximum absolute atomic E-state index is 9.31. The molecule has 1 rings (SSSR count). The van der Waals surface area contributed by atoms with E-state index < -0.39 is 0 Å². The molecular formula is C17H34O. The van der Waals surface area contributed by atoms with Crippen molar-refractivity contribution in [3.05, 3.63) is 24.3 Å². The van der Waals surface area contributed by atoms with E-state index in [2.05, 4.69) is 58.9 Å². The average Bonchev–Trinajstić information content (AvgIpc) is 2.32. The van der Waals surface area contributed by atoms with Gasteiger partial charge < -0.3 is 5.11 Å². The van der Waals surface area contributed by atoms with Crippen molar-refractivity contribution in [2.24, 2.45) is 11.8 Å². The molecule has 0 spiro atoms. The molecule has 0 heterocycles. The lowest BCUT2D eigenvalue weighted by Crippen LogP contribution is -2.16. The van der Waals surface area contributed by atoms with Gasteiger partial charge in [-0.2, -0.15) is 0 Å². The zero-order chi connectivity index (χ0) is 14.4. The second kappa shape index (κ2) is 14.5. The van der Waals surface area contributed by atoms with E-state index >= 15 is 0 Å². The maximum Gasteiger partial charge on any atom is 0.0537 e. The first-order valence-corrected chi connectivity index (χ1v) is 7.54. The molecule has 1 nitrogen and oxygen atoms in total. The molecule has 0 aliphatic heterocycles. The van der Waals surface area contributed by atoms with Gasteiger partial charge in [-0.05, 0) is 31.6 Å². The largest absolute Gasteiger partial charge is 0.393 e. The first-order chi connectivity index (χ1) is 8.53. The van der Waals surface area contributed by atoms with Crippen molar-refractivity contribution in [3.63, 3.8) is 0 Å². The first kappa shape index (κ1) is 19.8. The monoisotopic (exact) mass is 254 g/mol. The fourth-order valence-corrected chi connectivity index (χ4v) is 1.48. The Labute approximate surface area is 115 Å². The van der Waals surface area contributed by atoms with Crippen molar-refractivity contribution in [1.82, 2.24) is 0 Å². The smallest absolute Gasteiger partial charge is 0.0537 e. The fraction of sp³-hybridized carbons (Fsp3) is 0.765. The Kier molecular flexibility index (Phi) is 15.9. The van der Waals surface area contributed by atoms with Gasteiger partial charge in [-0.15, -0.1) is 0 Å². The van der Waals surface area contributed by atoms with Gasteiger partial charge in [0.25, 0.3) is 0 Å². The van der Waals surface area contributed by atoms with Crippen LogP contribution >= 0.6 is 0 Å². The van der Waals surface area contributed by atoms with Crippen LogP contribution in [0.5, 0.6) is 0 Å². The van der Waals surface area contributed by atoms with Gasteiger partial charge in [0, 0.05) is 0 Å². The van der Waals surface area contributed by atoms with Crippen LogP contribution in [0.15, 0.2) is 24.3 Å². The third kappa shape index (κ3) is 13.5. The molecule has 0 aromatic heterocycles. The number of hydrogen-bond donors (Lipinski definition) is 1. The minimum absolute atomic E-state index is 0.177. The average molecular weight is 254 g/mol. The molecular weight excluding hydrogens is 220 g/mol. The third-order valence-electron chi connectivity index (χ3n) is 2.57. The molecule has 0 bridgehead atoms. The second-order valence-corrected chi connectivity index (χ2v) is 5.18. The van der Waals surface area contributed by atoms with Crippen LogP contribution in [0.2, 0.25) is 0 Å². The van der Waals surface area contributed by atoms with Gasteiger partial charge in [0.1, 0.15) is 0 Å². The number of hydrogen-bond acceptors (Lipinski definition) is 1. The molecule has 1 heteroatoms. The van der Waals surface area contributed by atoms with Crippen molar-refractivity contribution in [1.29, 1.82) is 0 Å². The standard InChI is InChI=1S/C11H18O.2C3H8/c1-9(10(2)12)8-11-6-4-3-5-7-11;2*1-3-2/h3-6,9-12H,7-8H2,1-2H3;2*3H2,1-2H3/t9-,10?,11?;;/m1../s1. The van der Waals surface area contributed by atoms with Crippen LogP contribution in [0.1, 0.15) is 67.2 Å². The Bertz CT molecular complexity index is 202. The topological polar surface area (TPSA) is 20.2 Å². The van der Waals surface area contributed by atoms with Gasteiger partial charge in [-0.3, -0.25) is 0 Å². The summed E-state index contributed by atoms with van der Waals surface area (Å²) in [4.78, 5) is 0. The van der Waals surface area contributed by atoms with Gasteiger partial charge in [-0.1, -0.05) is 71.8 Å². The highest BCUT2D eigenvalue weighted by Gasteiger charge is 2.14. The molecule has 1 aliphatic carbocycles. The van der Waals surface area contributed by atoms with Crippen LogP contribution in [-0.4, -0.2) is 11.2 Å². The molecule has 3 atom stereocenters. The minimum Gasteiger partial charge on any atom is -0.393 e. The lowest BCUT2D eigenvalue weighted by molar-refractivity contribution is 0.123. The molecule has 0 saturated heterocycles. The van der Waals surface area contributed by atoms with E-state index in [1.807, 2.05) is 6.92 Å². The number of allylic oxidation sites excluding steroid dienone is 4. The second-order valence-electron chi connectivity index (χ2n) is 5.18. The summed E-state index contributed by atoms with van der Waals surface area (Å²) >= 11 is 0.